The molecule has 0 fully saturated rings. The molecule has 0 aliphatic rings. The van der Waals surface area contributed by atoms with Gasteiger partial charge in [-0.1, -0.05) is 77.6 Å². The van der Waals surface area contributed by atoms with E-state index in [2.05, 4.69) is 11.7 Å². The van der Waals surface area contributed by atoms with Crippen LogP contribution in [0.4, 0.5) is 0 Å². The van der Waals surface area contributed by atoms with Crippen molar-refractivity contribution in [2.24, 2.45) is 0 Å². The van der Waals surface area contributed by atoms with E-state index in [-0.39, 0.29) is 0 Å². The van der Waals surface area contributed by atoms with Crippen LogP contribution >= 0.6 is 0 Å². The summed E-state index contributed by atoms with van der Waals surface area (Å²) >= 11 is 0. The summed E-state index contributed by atoms with van der Waals surface area (Å²) in [5.74, 6) is -2.10. The summed E-state index contributed by atoms with van der Waals surface area (Å²) in [5.41, 5.74) is 0. The van der Waals surface area contributed by atoms with Gasteiger partial charge < -0.3 is 14.7 Å². The molecule has 0 rings (SSSR count). The van der Waals surface area contributed by atoms with Crippen molar-refractivity contribution >= 4 is 17.8 Å². The molecule has 1 atom stereocenters. The fourth-order valence-electron chi connectivity index (χ4n) is 3.23. The van der Waals surface area contributed by atoms with Crippen LogP contribution in [0.3, 0.4) is 0 Å². The fourth-order valence-corrected chi connectivity index (χ4v) is 3.23. The molecule has 28 heavy (non-hydrogen) atoms. The first kappa shape index (κ1) is 26.6. The Balaban J connectivity index is 3.77. The highest BCUT2D eigenvalue weighted by Crippen LogP contribution is 2.12. The van der Waals surface area contributed by atoms with Crippen LogP contribution in [0, 0.1) is 0 Å². The zero-order chi connectivity index (χ0) is 21.2. The van der Waals surface area contributed by atoms with Gasteiger partial charge in [0.15, 0.2) is 0 Å². The van der Waals surface area contributed by atoms with Crippen LogP contribution in [0.15, 0.2) is 0 Å². The van der Waals surface area contributed by atoms with Crippen molar-refractivity contribution in [3.05, 3.63) is 0 Å². The Kier molecular flexibility index (Phi) is 16.8. The lowest BCUT2D eigenvalue weighted by Crippen LogP contribution is -2.40. The molecule has 1 N–H and O–H groups in total. The molecule has 0 aromatic carbocycles. The van der Waals surface area contributed by atoms with Crippen LogP contribution in [-0.2, 0) is 19.1 Å². The van der Waals surface area contributed by atoms with Crippen molar-refractivity contribution in [1.29, 1.82) is 0 Å². The third kappa shape index (κ3) is 14.6. The minimum absolute atomic E-state index is 0.480. The van der Waals surface area contributed by atoms with Gasteiger partial charge in [-0.05, 0) is 13.3 Å². The van der Waals surface area contributed by atoms with Gasteiger partial charge >= 0.3 is 11.9 Å². The van der Waals surface area contributed by atoms with Crippen molar-refractivity contribution in [2.75, 3.05) is 13.1 Å². The zero-order valence-corrected chi connectivity index (χ0v) is 18.2. The van der Waals surface area contributed by atoms with Crippen molar-refractivity contribution in [3.63, 3.8) is 0 Å². The Labute approximate surface area is 171 Å². The molecule has 0 saturated heterocycles. The number of aliphatic hydroxyl groups excluding tert-OH is 1. The number of hydrogen-bond acceptors (Lipinski definition) is 5. The maximum absolute atomic E-state index is 12.2. The molecule has 0 saturated carbocycles. The highest BCUT2D eigenvalue weighted by Gasteiger charge is 2.24. The maximum atomic E-state index is 12.2. The van der Waals surface area contributed by atoms with E-state index in [0.717, 1.165) is 26.2 Å². The highest BCUT2D eigenvalue weighted by atomic mass is 16.6. The van der Waals surface area contributed by atoms with Gasteiger partial charge in [-0.2, -0.15) is 0 Å². The topological polar surface area (TPSA) is 83.9 Å². The summed E-state index contributed by atoms with van der Waals surface area (Å²) in [6, 6.07) is 0. The summed E-state index contributed by atoms with van der Waals surface area (Å²) < 4.78 is 4.35. The van der Waals surface area contributed by atoms with Gasteiger partial charge in [-0.3, -0.25) is 14.4 Å². The van der Waals surface area contributed by atoms with Crippen molar-refractivity contribution in [2.45, 2.75) is 110 Å². The summed E-state index contributed by atoms with van der Waals surface area (Å²) in [7, 11) is 0. The molecule has 0 radical (unpaired) electrons. The fraction of sp³-hybridized carbons (Fsp3) is 0.864. The highest BCUT2D eigenvalue weighted by molar-refractivity contribution is 5.89. The number of nitrogens with zero attached hydrogens (tertiary/aromatic N) is 1. The van der Waals surface area contributed by atoms with Crippen LogP contribution in [0.2, 0.25) is 0 Å². The Morgan fingerprint density at radius 1 is 0.821 bits per heavy atom. The summed E-state index contributed by atoms with van der Waals surface area (Å²) in [4.78, 5) is 35.9. The predicted molar refractivity (Wildman–Crippen MR) is 111 cm³/mol. The molecule has 1 unspecified atom stereocenters. The minimum Gasteiger partial charge on any atom is -0.393 e. The largest absolute Gasteiger partial charge is 0.393 e. The predicted octanol–water partition coefficient (Wildman–Crippen LogP) is 4.38. The van der Waals surface area contributed by atoms with E-state index in [0.29, 0.717) is 13.1 Å². The number of amides is 1. The van der Waals surface area contributed by atoms with E-state index in [1.54, 1.807) is 4.90 Å². The molecule has 0 heterocycles. The number of carbonyl (C=O) groups excluding carboxylic acids is 3. The lowest BCUT2D eigenvalue weighted by atomic mass is 10.1. The van der Waals surface area contributed by atoms with Gasteiger partial charge in [0.1, 0.15) is 6.10 Å². The number of rotatable bonds is 17. The van der Waals surface area contributed by atoms with Gasteiger partial charge in [-0.15, -0.1) is 0 Å². The first-order valence-electron chi connectivity index (χ1n) is 11.1. The van der Waals surface area contributed by atoms with E-state index in [9.17, 15) is 19.5 Å². The molecule has 0 aromatic rings. The van der Waals surface area contributed by atoms with E-state index < -0.39 is 30.4 Å². The lowest BCUT2D eigenvalue weighted by Gasteiger charge is -2.23. The molecule has 0 aromatic heterocycles. The number of aliphatic hydroxyl groups is 1. The zero-order valence-electron chi connectivity index (χ0n) is 18.2. The third-order valence-corrected chi connectivity index (χ3v) is 4.88. The minimum atomic E-state index is -1.45. The molecule has 0 aliphatic carbocycles. The first-order valence-corrected chi connectivity index (χ1v) is 11.1. The van der Waals surface area contributed by atoms with Crippen LogP contribution in [0.1, 0.15) is 104 Å². The van der Waals surface area contributed by atoms with Crippen LogP contribution in [0.25, 0.3) is 0 Å². The number of likely N-dealkylation sites (N-methyl/N-ethyl adjacent to an activating group) is 1. The van der Waals surface area contributed by atoms with Crippen molar-refractivity contribution in [1.82, 2.24) is 4.90 Å². The summed E-state index contributed by atoms with van der Waals surface area (Å²) in [6.07, 6.45) is 13.1. The third-order valence-electron chi connectivity index (χ3n) is 4.88. The summed E-state index contributed by atoms with van der Waals surface area (Å²) in [5, 5.41) is 9.89. The molecular formula is C22H41NO5. The number of unbranched alkanes of at least 4 members (excludes halogenated alkanes) is 11. The smallest absolute Gasteiger partial charge is 0.316 e. The van der Waals surface area contributed by atoms with Gasteiger partial charge in [0.05, 0.1) is 6.42 Å². The molecule has 0 spiro atoms. The molecule has 0 aliphatic heterocycles. The van der Waals surface area contributed by atoms with Crippen LogP contribution < -0.4 is 0 Å². The quantitative estimate of drug-likeness (QED) is 0.223. The maximum Gasteiger partial charge on any atom is 0.316 e. The van der Waals surface area contributed by atoms with E-state index in [1.807, 2.05) is 6.92 Å². The molecular weight excluding hydrogens is 358 g/mol. The van der Waals surface area contributed by atoms with Crippen molar-refractivity contribution < 1.29 is 24.2 Å². The molecule has 1 amide bonds. The van der Waals surface area contributed by atoms with Crippen LogP contribution in [-0.4, -0.2) is 47.0 Å². The van der Waals surface area contributed by atoms with E-state index >= 15 is 0 Å². The average Bonchev–Trinajstić information content (AvgIpc) is 2.64. The molecule has 6 heteroatoms. The van der Waals surface area contributed by atoms with Gasteiger partial charge in [0.2, 0.25) is 0 Å². The van der Waals surface area contributed by atoms with E-state index in [4.69, 9.17) is 0 Å². The lowest BCUT2D eigenvalue weighted by molar-refractivity contribution is -0.161. The average molecular weight is 400 g/mol. The second-order valence-corrected chi connectivity index (χ2v) is 7.49. The standard InChI is InChI=1S/C22H41NO5/c1-4-6-7-8-9-10-11-12-13-14-15-16-17-23(5-2)22(27)20(25)18-21(26)28-19(3)24/h20,25H,4-18H2,1-3H3. The Bertz CT molecular complexity index is 439. The monoisotopic (exact) mass is 399 g/mol. The first-order chi connectivity index (χ1) is 13.4. The van der Waals surface area contributed by atoms with Gasteiger partial charge in [0, 0.05) is 20.0 Å². The normalized spacial score (nSPS) is 11.9. The summed E-state index contributed by atoms with van der Waals surface area (Å²) in [6.45, 7) is 6.25. The number of hydrogen-bond donors (Lipinski definition) is 1. The van der Waals surface area contributed by atoms with E-state index in [1.165, 1.54) is 57.8 Å². The number of carbonyl (C=O) groups is 3. The van der Waals surface area contributed by atoms with Crippen LogP contribution in [0.5, 0.6) is 0 Å². The SMILES string of the molecule is CCCCCCCCCCCCCCN(CC)C(=O)C(O)CC(=O)OC(C)=O. The number of esters is 2. The van der Waals surface area contributed by atoms with Gasteiger partial charge in [0.25, 0.3) is 5.91 Å². The Hall–Kier alpha value is -1.43. The Morgan fingerprint density at radius 2 is 1.29 bits per heavy atom. The molecule has 6 nitrogen and oxygen atoms in total. The Morgan fingerprint density at radius 3 is 1.71 bits per heavy atom. The van der Waals surface area contributed by atoms with Gasteiger partial charge in [-0.25, -0.2) is 0 Å². The van der Waals surface area contributed by atoms with Crippen molar-refractivity contribution in [3.8, 4) is 0 Å². The number of ether oxygens (including phenoxy) is 1. The second kappa shape index (κ2) is 17.7. The second-order valence-electron chi connectivity index (χ2n) is 7.49. The molecule has 164 valence electrons. The molecule has 0 bridgehead atoms.